The highest BCUT2D eigenvalue weighted by molar-refractivity contribution is 5.86. The molecule has 0 unspecified atom stereocenters. The monoisotopic (exact) mass is 1710 g/mol. The summed E-state index contributed by atoms with van der Waals surface area (Å²) in [5.41, 5.74) is 72.8. The molecule has 0 bridgehead atoms. The minimum atomic E-state index is 0.881. The van der Waals surface area contributed by atoms with E-state index in [1.165, 1.54) is 274 Å². The van der Waals surface area contributed by atoms with Crippen LogP contribution in [-0.4, -0.2) is 79.7 Å². The second-order valence-electron chi connectivity index (χ2n) is 36.9. The van der Waals surface area contributed by atoms with Crippen molar-refractivity contribution in [3.63, 3.8) is 0 Å². The first-order valence-corrected chi connectivity index (χ1v) is 45.5. The third kappa shape index (κ3) is 16.3. The molecule has 0 radical (unpaired) electrons. The summed E-state index contributed by atoms with van der Waals surface area (Å²) >= 11 is 0. The normalized spacial score (nSPS) is 12.4. The molecule has 0 aliphatic heterocycles. The van der Waals surface area contributed by atoms with Crippen LogP contribution < -0.4 is 0 Å². The van der Waals surface area contributed by atoms with E-state index in [2.05, 4.69) is 297 Å². The van der Waals surface area contributed by atoms with Crippen LogP contribution in [0.5, 0.6) is 0 Å². The summed E-state index contributed by atoms with van der Waals surface area (Å²) in [7, 11) is 0. The Kier molecular flexibility index (Phi) is 24.1. The molecule has 0 saturated carbocycles. The SMILES string of the molecule is Cc1cc(C)c2c(n1)Cc1cnc(C)c(C)c1-2.Cc1cc2c(nc1C)Cc1cnc(C)c(C)c1-2.Cc1ccc2c(n1)Cc1ncc(C)c(C)c1-2.Cc1ccnc2c1-c1c(nc(C)c(C)c1C)C2.Cc1cnc2c(c1)-c1c(ncc(C)c1C)C2.Cc1cnc2c(c1C)-c1c(C)ccnc1C2.Cc1cnc2c(c1C)-c1cccnc1C2.Cc1nc2c(c(C)c1C)-c1cccnc1C2. The van der Waals surface area contributed by atoms with Gasteiger partial charge in [-0.1, -0.05) is 18.2 Å². The fourth-order valence-corrected chi connectivity index (χ4v) is 19.9. The number of nitrogens with zero attached hydrogens (tertiary/aromatic N) is 16. The Hall–Kier alpha value is -13.6. The van der Waals surface area contributed by atoms with Crippen molar-refractivity contribution in [3.05, 3.63) is 371 Å². The standard InChI is InChI=1S/3C15H16N2.4C14H14N2.C13H12N2/c1-8-5-13-14(17-10(8)3)6-12-7-16-11(4)9(2)15(12)13;1-8-5-9(2)17-13-6-12-7-16-11(4)10(3)15(12)14(8)13;1-8-5-6-16-12-7-13-15(14(8)12)10(3)9(2)11(4)17-13;1-8-4-11-12(15-6-8)5-13-14(11)10(3)9(2)7-16-13;1-8-7-15-13-6-12-11(14(13)10(8)3)5-4-9(2)16-12;1-8-4-5-15-11-6-12-14(13(8)11)10(3)9(2)7-16-12;1-8-9(2)14-11-5-4-6-15-12(11)7-13(14)16-10(8)3;1-8-7-15-12-6-11-10(4-3-5-14-11)13(12)9(8)2/h2*5,7H,6H2,1-4H3;5-6H,7H2,1-4H3;4,6-7H,5H2,1-3H3;2*4-5,7H,6H2,1-3H3;4-6H,7H2,1-3H3;3-5,7H,6H2,1-2H3. The molecule has 130 heavy (non-hydrogen) atoms. The Morgan fingerprint density at radius 2 is 0.531 bits per heavy atom. The van der Waals surface area contributed by atoms with Crippen LogP contribution >= 0.6 is 0 Å². The first-order chi connectivity index (χ1) is 62.2. The van der Waals surface area contributed by atoms with Crippen molar-refractivity contribution in [1.82, 2.24) is 79.7 Å². The molecule has 16 aromatic heterocycles. The number of aryl methyl sites for hydroxylation is 16. The lowest BCUT2D eigenvalue weighted by Crippen LogP contribution is -1.98. The molecule has 8 aliphatic carbocycles. The molecule has 0 amide bonds. The molecular formula is C114H116N16. The van der Waals surface area contributed by atoms with Crippen LogP contribution in [0, 0.1) is 180 Å². The Labute approximate surface area is 766 Å². The lowest BCUT2D eigenvalue weighted by Gasteiger charge is -2.12. The maximum atomic E-state index is 4.73. The van der Waals surface area contributed by atoms with E-state index in [9.17, 15) is 0 Å². The molecule has 16 heterocycles. The lowest BCUT2D eigenvalue weighted by molar-refractivity contribution is 1.01. The topological polar surface area (TPSA) is 206 Å². The zero-order valence-corrected chi connectivity index (χ0v) is 80.5. The molecule has 24 rings (SSSR count). The molecule has 0 spiro atoms. The number of hydrogen-bond donors (Lipinski definition) is 0. The van der Waals surface area contributed by atoms with Crippen molar-refractivity contribution < 1.29 is 0 Å². The van der Waals surface area contributed by atoms with Crippen molar-refractivity contribution in [1.29, 1.82) is 0 Å². The summed E-state index contributed by atoms with van der Waals surface area (Å²) in [5, 5.41) is 0. The van der Waals surface area contributed by atoms with Gasteiger partial charge in [0.1, 0.15) is 0 Å². The molecule has 0 aromatic carbocycles. The molecule has 16 heteroatoms. The van der Waals surface area contributed by atoms with E-state index >= 15 is 0 Å². The lowest BCUT2D eigenvalue weighted by atomic mass is 9.97. The second-order valence-corrected chi connectivity index (χ2v) is 36.9. The van der Waals surface area contributed by atoms with Gasteiger partial charge in [-0.2, -0.15) is 0 Å². The number of fused-ring (bicyclic) bond motifs is 24. The largest absolute Gasteiger partial charge is 0.261 e. The van der Waals surface area contributed by atoms with Crippen LogP contribution in [0.4, 0.5) is 0 Å². The van der Waals surface area contributed by atoms with E-state index in [-0.39, 0.29) is 0 Å². The number of hydrogen-bond acceptors (Lipinski definition) is 16. The van der Waals surface area contributed by atoms with Crippen LogP contribution in [0.2, 0.25) is 0 Å². The highest BCUT2D eigenvalue weighted by Gasteiger charge is 2.33. The Balaban J connectivity index is 0.000000104. The maximum Gasteiger partial charge on any atom is 0.0548 e. The van der Waals surface area contributed by atoms with Crippen molar-refractivity contribution in [2.24, 2.45) is 0 Å². The van der Waals surface area contributed by atoms with Gasteiger partial charge < -0.3 is 0 Å². The van der Waals surface area contributed by atoms with E-state index in [1.54, 1.807) is 0 Å². The minimum Gasteiger partial charge on any atom is -0.261 e. The molecule has 0 saturated heterocycles. The van der Waals surface area contributed by atoms with Gasteiger partial charge >= 0.3 is 0 Å². The van der Waals surface area contributed by atoms with Crippen molar-refractivity contribution in [2.45, 2.75) is 231 Å². The smallest absolute Gasteiger partial charge is 0.0548 e. The van der Waals surface area contributed by atoms with E-state index in [0.29, 0.717) is 0 Å². The summed E-state index contributed by atoms with van der Waals surface area (Å²) in [5.74, 6) is 0. The molecule has 0 fully saturated rings. The first-order valence-electron chi connectivity index (χ1n) is 45.5. The van der Waals surface area contributed by atoms with Crippen LogP contribution in [0.3, 0.4) is 0 Å². The predicted molar refractivity (Wildman–Crippen MR) is 525 cm³/mol. The molecule has 0 atom stereocenters. The molecule has 16 aromatic rings. The van der Waals surface area contributed by atoms with Gasteiger partial charge in [-0.3, -0.25) is 79.7 Å². The molecular weight excluding hydrogens is 1590 g/mol. The van der Waals surface area contributed by atoms with E-state index in [1.807, 2.05) is 87.2 Å². The predicted octanol–water partition coefficient (Wildman–Crippen LogP) is 24.4. The summed E-state index contributed by atoms with van der Waals surface area (Å²) in [6, 6.07) is 23.4. The minimum absolute atomic E-state index is 0.881. The average Bonchev–Trinajstić information content (AvgIpc) is 1.58. The van der Waals surface area contributed by atoms with Gasteiger partial charge in [-0.15, -0.1) is 0 Å². The van der Waals surface area contributed by atoms with Gasteiger partial charge in [0.15, 0.2) is 0 Å². The Morgan fingerprint density at radius 3 is 1.08 bits per heavy atom. The van der Waals surface area contributed by atoms with Crippen molar-refractivity contribution in [3.8, 4) is 89.0 Å². The van der Waals surface area contributed by atoms with Gasteiger partial charge in [-0.25, -0.2) is 0 Å². The molecule has 8 aliphatic rings. The van der Waals surface area contributed by atoms with Crippen LogP contribution in [0.15, 0.2) is 135 Å². The van der Waals surface area contributed by atoms with Gasteiger partial charge in [0.2, 0.25) is 0 Å². The second kappa shape index (κ2) is 35.5. The Bertz CT molecular complexity index is 7370. The van der Waals surface area contributed by atoms with Crippen LogP contribution in [-0.2, 0) is 51.4 Å². The summed E-state index contributed by atoms with van der Waals surface area (Å²) < 4.78 is 0. The van der Waals surface area contributed by atoms with Crippen molar-refractivity contribution in [2.75, 3.05) is 0 Å². The summed E-state index contributed by atoms with van der Waals surface area (Å²) in [6.45, 7) is 55.3. The zero-order chi connectivity index (χ0) is 92.0. The van der Waals surface area contributed by atoms with Gasteiger partial charge in [-0.05, 0) is 357 Å². The number of rotatable bonds is 0. The average molecular weight is 1710 g/mol. The molecule has 652 valence electrons. The highest BCUT2D eigenvalue weighted by atomic mass is 14.8. The third-order valence-electron chi connectivity index (χ3n) is 28.4. The van der Waals surface area contributed by atoms with E-state index < -0.39 is 0 Å². The van der Waals surface area contributed by atoms with Crippen molar-refractivity contribution >= 4 is 0 Å². The zero-order valence-electron chi connectivity index (χ0n) is 80.5. The summed E-state index contributed by atoms with van der Waals surface area (Å²) in [4.78, 5) is 72.7. The molecule has 16 nitrogen and oxygen atoms in total. The van der Waals surface area contributed by atoms with E-state index in [4.69, 9.17) is 9.97 Å². The van der Waals surface area contributed by atoms with Gasteiger partial charge in [0, 0.05) is 237 Å². The summed E-state index contributed by atoms with van der Waals surface area (Å²) in [6.07, 6.45) is 28.5. The quantitative estimate of drug-likeness (QED) is 0.138. The van der Waals surface area contributed by atoms with Crippen LogP contribution in [0.1, 0.15) is 236 Å². The Morgan fingerprint density at radius 1 is 0.177 bits per heavy atom. The maximum absolute atomic E-state index is 4.73. The fraction of sp³-hybridized carbons (Fsp3) is 0.298. The molecule has 0 N–H and O–H groups in total. The highest BCUT2D eigenvalue weighted by Crippen LogP contribution is 2.47. The number of pyridine rings is 16. The van der Waals surface area contributed by atoms with Gasteiger partial charge in [0.25, 0.3) is 0 Å². The van der Waals surface area contributed by atoms with E-state index in [0.717, 1.165) is 103 Å². The third-order valence-corrected chi connectivity index (χ3v) is 28.4. The number of aromatic nitrogens is 16. The van der Waals surface area contributed by atoms with Crippen LogP contribution in [0.25, 0.3) is 89.0 Å². The first kappa shape index (κ1) is 88.4. The fourth-order valence-electron chi connectivity index (χ4n) is 19.9. The van der Waals surface area contributed by atoms with Gasteiger partial charge in [0.05, 0.1) is 79.7 Å².